The van der Waals surface area contributed by atoms with Gasteiger partial charge >= 0.3 is 5.97 Å². The molecule has 5 nitrogen and oxygen atoms in total. The topological polar surface area (TPSA) is 65.0 Å². The predicted molar refractivity (Wildman–Crippen MR) is 55.7 cm³/mol. The number of benzene rings is 1. The lowest BCUT2D eigenvalue weighted by molar-refractivity contribution is 0.0692. The monoisotopic (exact) mass is 224 g/mol. The van der Waals surface area contributed by atoms with Crippen molar-refractivity contribution >= 4 is 5.97 Å². The summed E-state index contributed by atoms with van der Waals surface area (Å²) in [6.07, 6.45) is 0.690. The Balaban J connectivity index is 2.68. The van der Waals surface area contributed by atoms with Crippen LogP contribution < -0.4 is 14.2 Å². The third kappa shape index (κ3) is 1.44. The van der Waals surface area contributed by atoms with Crippen molar-refractivity contribution in [2.75, 3.05) is 20.8 Å². The Morgan fingerprint density at radius 1 is 1.38 bits per heavy atom. The molecule has 1 heterocycles. The van der Waals surface area contributed by atoms with Gasteiger partial charge in [0, 0.05) is 12.0 Å². The van der Waals surface area contributed by atoms with Crippen LogP contribution >= 0.6 is 0 Å². The highest BCUT2D eigenvalue weighted by molar-refractivity contribution is 5.93. The number of carboxylic acid groups (broad SMARTS) is 1. The summed E-state index contributed by atoms with van der Waals surface area (Å²) in [4.78, 5) is 11.1. The average molecular weight is 224 g/mol. The molecule has 0 aliphatic carbocycles. The Morgan fingerprint density at radius 3 is 2.62 bits per heavy atom. The highest BCUT2D eigenvalue weighted by atomic mass is 16.5. The van der Waals surface area contributed by atoms with Gasteiger partial charge in [-0.25, -0.2) is 4.79 Å². The summed E-state index contributed by atoms with van der Waals surface area (Å²) in [5, 5.41) is 9.07. The van der Waals surface area contributed by atoms with E-state index in [-0.39, 0.29) is 11.3 Å². The Bertz CT molecular complexity index is 438. The van der Waals surface area contributed by atoms with Crippen LogP contribution in [0.3, 0.4) is 0 Å². The summed E-state index contributed by atoms with van der Waals surface area (Å²) in [6.45, 7) is 0.540. The molecular formula is C11H12O5. The summed E-state index contributed by atoms with van der Waals surface area (Å²) in [5.41, 5.74) is 0.943. The Kier molecular flexibility index (Phi) is 2.60. The first kappa shape index (κ1) is 10.6. The molecule has 0 saturated heterocycles. The second-order valence-corrected chi connectivity index (χ2v) is 3.38. The van der Waals surface area contributed by atoms with Crippen molar-refractivity contribution in [3.8, 4) is 17.2 Å². The molecular weight excluding hydrogens is 212 g/mol. The van der Waals surface area contributed by atoms with E-state index < -0.39 is 5.97 Å². The minimum Gasteiger partial charge on any atom is -0.492 e. The van der Waals surface area contributed by atoms with Crippen molar-refractivity contribution in [3.63, 3.8) is 0 Å². The molecule has 86 valence electrons. The molecule has 0 amide bonds. The van der Waals surface area contributed by atoms with Gasteiger partial charge in [-0.2, -0.15) is 0 Å². The van der Waals surface area contributed by atoms with E-state index in [1.54, 1.807) is 6.07 Å². The van der Waals surface area contributed by atoms with Gasteiger partial charge in [-0.1, -0.05) is 0 Å². The number of rotatable bonds is 3. The molecule has 0 radical (unpaired) electrons. The molecule has 1 aliphatic rings. The number of hydrogen-bond acceptors (Lipinski definition) is 4. The molecule has 1 aromatic carbocycles. The van der Waals surface area contributed by atoms with Gasteiger partial charge in [-0.05, 0) is 6.07 Å². The van der Waals surface area contributed by atoms with Crippen LogP contribution in [-0.4, -0.2) is 31.9 Å². The van der Waals surface area contributed by atoms with Crippen molar-refractivity contribution in [2.24, 2.45) is 0 Å². The van der Waals surface area contributed by atoms with Crippen molar-refractivity contribution in [2.45, 2.75) is 6.42 Å². The van der Waals surface area contributed by atoms with Crippen LogP contribution in [0.1, 0.15) is 15.9 Å². The molecule has 1 aliphatic heterocycles. The SMILES string of the molecule is COc1c(C(=O)O)cc2c(c1OC)OCC2. The molecule has 1 N–H and O–H groups in total. The number of carboxylic acids is 1. The fourth-order valence-corrected chi connectivity index (χ4v) is 1.83. The van der Waals surface area contributed by atoms with Crippen LogP contribution in [0.25, 0.3) is 0 Å². The van der Waals surface area contributed by atoms with Crippen molar-refractivity contribution < 1.29 is 24.1 Å². The summed E-state index contributed by atoms with van der Waals surface area (Å²) in [7, 11) is 2.87. The van der Waals surface area contributed by atoms with Crippen molar-refractivity contribution in [1.82, 2.24) is 0 Å². The lowest BCUT2D eigenvalue weighted by Gasteiger charge is -2.13. The Morgan fingerprint density at radius 2 is 2.06 bits per heavy atom. The van der Waals surface area contributed by atoms with E-state index in [4.69, 9.17) is 19.3 Å². The summed E-state index contributed by atoms with van der Waals surface area (Å²) < 4.78 is 15.6. The van der Waals surface area contributed by atoms with Crippen LogP contribution in [0.4, 0.5) is 0 Å². The van der Waals surface area contributed by atoms with Gasteiger partial charge in [0.1, 0.15) is 5.56 Å². The van der Waals surface area contributed by atoms with Gasteiger partial charge in [0.05, 0.1) is 20.8 Å². The van der Waals surface area contributed by atoms with E-state index >= 15 is 0 Å². The molecule has 0 fully saturated rings. The quantitative estimate of drug-likeness (QED) is 0.839. The van der Waals surface area contributed by atoms with Crippen LogP contribution in [0.15, 0.2) is 6.07 Å². The number of ether oxygens (including phenoxy) is 3. The van der Waals surface area contributed by atoms with Crippen LogP contribution in [0.5, 0.6) is 17.2 Å². The first-order chi connectivity index (χ1) is 7.69. The van der Waals surface area contributed by atoms with E-state index in [9.17, 15) is 4.79 Å². The maximum atomic E-state index is 11.1. The highest BCUT2D eigenvalue weighted by Crippen LogP contribution is 2.45. The summed E-state index contributed by atoms with van der Waals surface area (Å²) >= 11 is 0. The fourth-order valence-electron chi connectivity index (χ4n) is 1.83. The van der Waals surface area contributed by atoms with E-state index in [0.29, 0.717) is 24.5 Å². The second kappa shape index (κ2) is 3.92. The molecule has 0 bridgehead atoms. The molecule has 0 unspecified atom stereocenters. The summed E-state index contributed by atoms with van der Waals surface area (Å²) in [5.74, 6) is 0.111. The highest BCUT2D eigenvalue weighted by Gasteiger charge is 2.27. The zero-order valence-electron chi connectivity index (χ0n) is 9.07. The second-order valence-electron chi connectivity index (χ2n) is 3.38. The van der Waals surface area contributed by atoms with Crippen LogP contribution in [-0.2, 0) is 6.42 Å². The lowest BCUT2D eigenvalue weighted by Crippen LogP contribution is -2.04. The smallest absolute Gasteiger partial charge is 0.339 e. The maximum Gasteiger partial charge on any atom is 0.339 e. The van der Waals surface area contributed by atoms with Gasteiger partial charge in [0.25, 0.3) is 0 Å². The summed E-state index contributed by atoms with van der Waals surface area (Å²) in [6, 6.07) is 1.58. The maximum absolute atomic E-state index is 11.1. The van der Waals surface area contributed by atoms with E-state index in [1.807, 2.05) is 0 Å². The van der Waals surface area contributed by atoms with Crippen molar-refractivity contribution in [1.29, 1.82) is 0 Å². The van der Waals surface area contributed by atoms with Crippen molar-refractivity contribution in [3.05, 3.63) is 17.2 Å². The Labute approximate surface area is 92.5 Å². The van der Waals surface area contributed by atoms with Gasteiger partial charge in [-0.15, -0.1) is 0 Å². The zero-order valence-corrected chi connectivity index (χ0v) is 9.07. The van der Waals surface area contributed by atoms with E-state index in [1.165, 1.54) is 14.2 Å². The molecule has 16 heavy (non-hydrogen) atoms. The minimum absolute atomic E-state index is 0.101. The van der Waals surface area contributed by atoms with E-state index in [0.717, 1.165) is 5.56 Å². The fraction of sp³-hybridized carbons (Fsp3) is 0.364. The van der Waals surface area contributed by atoms with E-state index in [2.05, 4.69) is 0 Å². The lowest BCUT2D eigenvalue weighted by atomic mass is 10.1. The average Bonchev–Trinajstić information content (AvgIpc) is 2.73. The van der Waals surface area contributed by atoms with Crippen LogP contribution in [0.2, 0.25) is 0 Å². The standard InChI is InChI=1S/C11H12O5/c1-14-9-7(11(12)13)5-6-3-4-16-8(6)10(9)15-2/h5H,3-4H2,1-2H3,(H,12,13). The largest absolute Gasteiger partial charge is 0.492 e. The molecule has 0 atom stereocenters. The van der Waals surface area contributed by atoms with Gasteiger partial charge < -0.3 is 19.3 Å². The number of carbonyl (C=O) groups is 1. The predicted octanol–water partition coefficient (Wildman–Crippen LogP) is 1.34. The third-order valence-corrected chi connectivity index (χ3v) is 2.52. The first-order valence-corrected chi connectivity index (χ1v) is 4.83. The molecule has 5 heteroatoms. The number of aromatic carboxylic acids is 1. The molecule has 2 rings (SSSR count). The van der Waals surface area contributed by atoms with Gasteiger partial charge in [0.2, 0.25) is 5.75 Å². The molecule has 0 saturated carbocycles. The van der Waals surface area contributed by atoms with Gasteiger partial charge in [-0.3, -0.25) is 0 Å². The number of hydrogen-bond donors (Lipinski definition) is 1. The molecule has 0 spiro atoms. The Hall–Kier alpha value is -1.91. The van der Waals surface area contributed by atoms with Gasteiger partial charge in [0.15, 0.2) is 11.5 Å². The molecule has 0 aromatic heterocycles. The first-order valence-electron chi connectivity index (χ1n) is 4.83. The van der Waals surface area contributed by atoms with Crippen LogP contribution in [0, 0.1) is 0 Å². The minimum atomic E-state index is -1.04. The zero-order chi connectivity index (χ0) is 11.7. The molecule has 1 aromatic rings. The number of fused-ring (bicyclic) bond motifs is 1. The normalized spacial score (nSPS) is 12.9. The number of methoxy groups -OCH3 is 2. The third-order valence-electron chi connectivity index (χ3n) is 2.52.